The lowest BCUT2D eigenvalue weighted by atomic mass is 10.2. The number of nitrogens with one attached hydrogen (secondary N) is 1. The quantitative estimate of drug-likeness (QED) is 0.720. The molecule has 3 rings (SSSR count). The van der Waals surface area contributed by atoms with Gasteiger partial charge in [-0.1, -0.05) is 17.7 Å². The molecule has 106 valence electrons. The van der Waals surface area contributed by atoms with Crippen LogP contribution in [0.15, 0.2) is 42.7 Å². The molecule has 3 aromatic rings. The fourth-order valence-corrected chi connectivity index (χ4v) is 2.15. The van der Waals surface area contributed by atoms with E-state index in [4.69, 9.17) is 10.5 Å². The molecule has 0 saturated carbocycles. The number of nitrogens with two attached hydrogens (primary N) is 1. The number of hydrogen-bond acceptors (Lipinski definition) is 5. The van der Waals surface area contributed by atoms with Crippen molar-refractivity contribution in [3.8, 4) is 5.75 Å². The molecule has 0 aliphatic carbocycles. The fraction of sp³-hybridized carbons (Fsp3) is 0.125. The molecule has 0 unspecified atom stereocenters. The zero-order valence-electron chi connectivity index (χ0n) is 11.9. The molecule has 0 amide bonds. The van der Waals surface area contributed by atoms with Crippen LogP contribution in [0.4, 0.5) is 17.2 Å². The summed E-state index contributed by atoms with van der Waals surface area (Å²) in [7, 11) is 1.59. The molecule has 0 radical (unpaired) electrons. The predicted molar refractivity (Wildman–Crippen MR) is 85.0 cm³/mol. The van der Waals surface area contributed by atoms with Gasteiger partial charge in [-0.3, -0.25) is 0 Å². The second-order valence-electron chi connectivity index (χ2n) is 4.82. The Labute approximate surface area is 122 Å². The molecule has 1 aromatic heterocycles. The summed E-state index contributed by atoms with van der Waals surface area (Å²) in [6.07, 6.45) is 1.52. The average Bonchev–Trinajstić information content (AvgIpc) is 2.49. The minimum absolute atomic E-state index is 0.562. The number of ether oxygens (including phenoxy) is 1. The molecule has 5 nitrogen and oxygen atoms in total. The highest BCUT2D eigenvalue weighted by Gasteiger charge is 2.08. The monoisotopic (exact) mass is 280 g/mol. The maximum Gasteiger partial charge on any atom is 0.143 e. The van der Waals surface area contributed by atoms with Crippen LogP contribution >= 0.6 is 0 Å². The minimum atomic E-state index is 0.562. The summed E-state index contributed by atoms with van der Waals surface area (Å²) in [5, 5.41) is 4.15. The highest BCUT2D eigenvalue weighted by Crippen LogP contribution is 2.30. The number of rotatable bonds is 3. The van der Waals surface area contributed by atoms with Gasteiger partial charge in [0.15, 0.2) is 0 Å². The van der Waals surface area contributed by atoms with Gasteiger partial charge in [0.1, 0.15) is 17.9 Å². The van der Waals surface area contributed by atoms with E-state index in [2.05, 4.69) is 22.2 Å². The maximum absolute atomic E-state index is 5.97. The van der Waals surface area contributed by atoms with E-state index in [-0.39, 0.29) is 0 Å². The number of benzene rings is 2. The molecular formula is C16H16N4O. The Morgan fingerprint density at radius 1 is 1.10 bits per heavy atom. The largest absolute Gasteiger partial charge is 0.495 e. The van der Waals surface area contributed by atoms with E-state index in [0.717, 1.165) is 22.4 Å². The van der Waals surface area contributed by atoms with E-state index in [1.165, 1.54) is 11.9 Å². The van der Waals surface area contributed by atoms with Gasteiger partial charge in [0.25, 0.3) is 0 Å². The van der Waals surface area contributed by atoms with Crippen molar-refractivity contribution in [2.75, 3.05) is 18.2 Å². The van der Waals surface area contributed by atoms with Gasteiger partial charge < -0.3 is 15.8 Å². The Balaban J connectivity index is 2.06. The molecule has 0 aliphatic rings. The maximum atomic E-state index is 5.97. The molecule has 1 heterocycles. The summed E-state index contributed by atoms with van der Waals surface area (Å²) in [5.74, 6) is 1.33. The van der Waals surface area contributed by atoms with E-state index in [1.807, 2.05) is 36.4 Å². The third-order valence-corrected chi connectivity index (χ3v) is 3.30. The van der Waals surface area contributed by atoms with Crippen LogP contribution in [0.1, 0.15) is 5.56 Å². The molecule has 0 bridgehead atoms. The van der Waals surface area contributed by atoms with Gasteiger partial charge in [0.2, 0.25) is 0 Å². The van der Waals surface area contributed by atoms with E-state index < -0.39 is 0 Å². The second kappa shape index (κ2) is 5.28. The molecular weight excluding hydrogens is 264 g/mol. The highest BCUT2D eigenvalue weighted by molar-refractivity contribution is 5.94. The van der Waals surface area contributed by atoms with Crippen LogP contribution in [0, 0.1) is 6.92 Å². The van der Waals surface area contributed by atoms with Crippen molar-refractivity contribution in [1.29, 1.82) is 0 Å². The zero-order chi connectivity index (χ0) is 14.8. The number of aryl methyl sites for hydroxylation is 1. The van der Waals surface area contributed by atoms with Crippen molar-refractivity contribution in [2.24, 2.45) is 0 Å². The van der Waals surface area contributed by atoms with Crippen LogP contribution in [0.3, 0.4) is 0 Å². The Hall–Kier alpha value is -2.82. The number of methoxy groups -OCH3 is 1. The minimum Gasteiger partial charge on any atom is -0.495 e. The smallest absolute Gasteiger partial charge is 0.143 e. The number of anilines is 3. The van der Waals surface area contributed by atoms with Crippen molar-refractivity contribution in [1.82, 2.24) is 9.97 Å². The second-order valence-corrected chi connectivity index (χ2v) is 4.82. The standard InChI is InChI=1S/C16H16N4O/c1-10-3-5-11(6-4-10)20-16-12-7-13(17)15(21-2)8-14(12)18-9-19-16/h3-9H,17H2,1-2H3,(H,18,19,20). The van der Waals surface area contributed by atoms with E-state index >= 15 is 0 Å². The Kier molecular flexibility index (Phi) is 3.31. The van der Waals surface area contributed by atoms with Crippen LogP contribution < -0.4 is 15.8 Å². The van der Waals surface area contributed by atoms with Gasteiger partial charge in [-0.15, -0.1) is 0 Å². The molecule has 0 spiro atoms. The van der Waals surface area contributed by atoms with E-state index in [1.54, 1.807) is 7.11 Å². The number of hydrogen-bond donors (Lipinski definition) is 2. The van der Waals surface area contributed by atoms with E-state index in [9.17, 15) is 0 Å². The molecule has 0 fully saturated rings. The van der Waals surface area contributed by atoms with Crippen molar-refractivity contribution in [2.45, 2.75) is 6.92 Å². The Bertz CT molecular complexity index is 784. The van der Waals surface area contributed by atoms with Crippen molar-refractivity contribution >= 4 is 28.1 Å². The molecule has 0 saturated heterocycles. The first-order valence-electron chi connectivity index (χ1n) is 6.59. The third-order valence-electron chi connectivity index (χ3n) is 3.30. The molecule has 3 N–H and O–H groups in total. The first-order chi connectivity index (χ1) is 10.2. The first-order valence-corrected chi connectivity index (χ1v) is 6.59. The lowest BCUT2D eigenvalue weighted by Gasteiger charge is -2.11. The first kappa shape index (κ1) is 13.2. The van der Waals surface area contributed by atoms with Crippen molar-refractivity contribution < 1.29 is 4.74 Å². The summed E-state index contributed by atoms with van der Waals surface area (Å²) in [6.45, 7) is 2.05. The van der Waals surface area contributed by atoms with Crippen molar-refractivity contribution in [3.05, 3.63) is 48.3 Å². The SMILES string of the molecule is COc1cc2ncnc(Nc3ccc(C)cc3)c2cc1N. The summed E-state index contributed by atoms with van der Waals surface area (Å²) < 4.78 is 5.22. The molecule has 21 heavy (non-hydrogen) atoms. The summed E-state index contributed by atoms with van der Waals surface area (Å²) >= 11 is 0. The average molecular weight is 280 g/mol. The van der Waals surface area contributed by atoms with Gasteiger partial charge >= 0.3 is 0 Å². The number of nitrogens with zero attached hydrogens (tertiary/aromatic N) is 2. The van der Waals surface area contributed by atoms with Gasteiger partial charge in [-0.2, -0.15) is 0 Å². The number of fused-ring (bicyclic) bond motifs is 1. The lowest BCUT2D eigenvalue weighted by molar-refractivity contribution is 0.417. The molecule has 2 aromatic carbocycles. The van der Waals surface area contributed by atoms with Gasteiger partial charge in [-0.25, -0.2) is 9.97 Å². The Morgan fingerprint density at radius 2 is 1.86 bits per heavy atom. The summed E-state index contributed by atoms with van der Waals surface area (Å²) in [5.41, 5.74) is 9.49. The fourth-order valence-electron chi connectivity index (χ4n) is 2.15. The van der Waals surface area contributed by atoms with Gasteiger partial charge in [0, 0.05) is 17.1 Å². The number of aromatic nitrogens is 2. The van der Waals surface area contributed by atoms with Crippen LogP contribution in [0.2, 0.25) is 0 Å². The van der Waals surface area contributed by atoms with Gasteiger partial charge in [-0.05, 0) is 25.1 Å². The van der Waals surface area contributed by atoms with Crippen LogP contribution in [0.25, 0.3) is 10.9 Å². The molecule has 0 atom stereocenters. The van der Waals surface area contributed by atoms with Crippen LogP contribution in [-0.4, -0.2) is 17.1 Å². The van der Waals surface area contributed by atoms with Gasteiger partial charge in [0.05, 0.1) is 18.3 Å². The normalized spacial score (nSPS) is 10.6. The van der Waals surface area contributed by atoms with Crippen LogP contribution in [-0.2, 0) is 0 Å². The third kappa shape index (κ3) is 2.58. The topological polar surface area (TPSA) is 73.1 Å². The molecule has 0 aliphatic heterocycles. The summed E-state index contributed by atoms with van der Waals surface area (Å²) in [4.78, 5) is 8.56. The molecule has 5 heteroatoms. The zero-order valence-corrected chi connectivity index (χ0v) is 11.9. The van der Waals surface area contributed by atoms with E-state index in [0.29, 0.717) is 11.4 Å². The Morgan fingerprint density at radius 3 is 2.57 bits per heavy atom. The van der Waals surface area contributed by atoms with Crippen molar-refractivity contribution in [3.63, 3.8) is 0 Å². The predicted octanol–water partition coefficient (Wildman–Crippen LogP) is 3.27. The number of nitrogen functional groups attached to an aromatic ring is 1. The summed E-state index contributed by atoms with van der Waals surface area (Å²) in [6, 6.07) is 11.7. The lowest BCUT2D eigenvalue weighted by Crippen LogP contribution is -1.98. The van der Waals surface area contributed by atoms with Crippen LogP contribution in [0.5, 0.6) is 5.75 Å². The highest BCUT2D eigenvalue weighted by atomic mass is 16.5.